The van der Waals surface area contributed by atoms with E-state index in [0.29, 0.717) is 12.5 Å². The molecular formula is C21H29NO3SSi. The monoisotopic (exact) mass is 403 g/mol. The molecule has 2 aromatic carbocycles. The average Bonchev–Trinajstić information content (AvgIpc) is 2.53. The molecule has 2 aromatic rings. The molecule has 146 valence electrons. The molecule has 0 heterocycles. The van der Waals surface area contributed by atoms with Crippen molar-refractivity contribution in [3.63, 3.8) is 0 Å². The van der Waals surface area contributed by atoms with Crippen LogP contribution >= 0.6 is 0 Å². The molecule has 0 radical (unpaired) electrons. The van der Waals surface area contributed by atoms with Crippen LogP contribution in [0.15, 0.2) is 59.5 Å². The predicted octanol–water partition coefficient (Wildman–Crippen LogP) is 4.18. The van der Waals surface area contributed by atoms with E-state index in [1.165, 1.54) is 0 Å². The number of benzene rings is 2. The van der Waals surface area contributed by atoms with Crippen LogP contribution in [0.1, 0.15) is 17.5 Å². The van der Waals surface area contributed by atoms with Gasteiger partial charge in [-0.15, -0.1) is 0 Å². The van der Waals surface area contributed by atoms with Crippen LogP contribution in [0, 0.1) is 6.92 Å². The Labute approximate surface area is 164 Å². The van der Waals surface area contributed by atoms with Crippen molar-refractivity contribution in [3.8, 4) is 0 Å². The lowest BCUT2D eigenvalue weighted by Crippen LogP contribution is -2.39. The maximum absolute atomic E-state index is 12.8. The van der Waals surface area contributed by atoms with E-state index in [0.717, 1.165) is 11.1 Å². The standard InChI is InChI=1S/C21H29NO3SSi/c1-17-10-12-21(13-11-17)26(24,25)22-19(14-18-8-6-5-7-9-18)15-20(23)16-27(2,3)4/h5-13,19,22H,14-16H2,1-4H3/t19-/m0/s1. The zero-order valence-electron chi connectivity index (χ0n) is 16.5. The third-order valence-corrected chi connectivity index (χ3v) is 7.17. The number of carbonyl (C=O) groups is 1. The summed E-state index contributed by atoms with van der Waals surface area (Å²) in [6.45, 7) is 8.35. The van der Waals surface area contributed by atoms with E-state index < -0.39 is 24.1 Å². The van der Waals surface area contributed by atoms with Crippen LogP contribution in [0.4, 0.5) is 0 Å². The van der Waals surface area contributed by atoms with Crippen LogP contribution in [0.2, 0.25) is 25.7 Å². The highest BCUT2D eigenvalue weighted by molar-refractivity contribution is 7.89. The van der Waals surface area contributed by atoms with Crippen LogP contribution in [0.25, 0.3) is 0 Å². The minimum atomic E-state index is -3.68. The van der Waals surface area contributed by atoms with Crippen LogP contribution in [-0.2, 0) is 21.2 Å². The van der Waals surface area contributed by atoms with Gasteiger partial charge in [-0.25, -0.2) is 13.1 Å². The van der Waals surface area contributed by atoms with Gasteiger partial charge in [0.2, 0.25) is 10.0 Å². The van der Waals surface area contributed by atoms with E-state index in [1.807, 2.05) is 37.3 Å². The Balaban J connectivity index is 2.20. The summed E-state index contributed by atoms with van der Waals surface area (Å²) in [5.41, 5.74) is 2.01. The molecular weight excluding hydrogens is 374 g/mol. The van der Waals surface area contributed by atoms with Crippen molar-refractivity contribution in [1.82, 2.24) is 4.72 Å². The van der Waals surface area contributed by atoms with Crippen molar-refractivity contribution >= 4 is 23.9 Å². The van der Waals surface area contributed by atoms with Gasteiger partial charge in [0.05, 0.1) is 13.0 Å². The molecule has 27 heavy (non-hydrogen) atoms. The largest absolute Gasteiger partial charge is 0.300 e. The number of nitrogens with one attached hydrogen (secondary N) is 1. The minimum Gasteiger partial charge on any atom is -0.300 e. The van der Waals surface area contributed by atoms with Crippen molar-refractivity contribution in [2.24, 2.45) is 0 Å². The summed E-state index contributed by atoms with van der Waals surface area (Å²) in [6.07, 6.45) is 0.702. The van der Waals surface area contributed by atoms with Gasteiger partial charge in [-0.3, -0.25) is 4.79 Å². The maximum atomic E-state index is 12.8. The van der Waals surface area contributed by atoms with Crippen LogP contribution < -0.4 is 4.72 Å². The van der Waals surface area contributed by atoms with Crippen molar-refractivity contribution < 1.29 is 13.2 Å². The van der Waals surface area contributed by atoms with Gasteiger partial charge in [-0.05, 0) is 31.0 Å². The Bertz CT molecular complexity index is 857. The zero-order valence-corrected chi connectivity index (χ0v) is 18.3. The number of hydrogen-bond donors (Lipinski definition) is 1. The molecule has 6 heteroatoms. The summed E-state index contributed by atoms with van der Waals surface area (Å²) < 4.78 is 28.4. The molecule has 0 bridgehead atoms. The first-order valence-corrected chi connectivity index (χ1v) is 14.4. The summed E-state index contributed by atoms with van der Waals surface area (Å²) in [6, 6.07) is 16.5. The molecule has 0 aliphatic rings. The fraction of sp³-hybridized carbons (Fsp3) is 0.381. The highest BCUT2D eigenvalue weighted by Gasteiger charge is 2.25. The third kappa shape index (κ3) is 7.40. The lowest BCUT2D eigenvalue weighted by molar-refractivity contribution is -0.117. The number of hydrogen-bond acceptors (Lipinski definition) is 3. The first kappa shape index (κ1) is 21.5. The van der Waals surface area contributed by atoms with Gasteiger partial charge in [0.1, 0.15) is 5.78 Å². The number of rotatable bonds is 9. The van der Waals surface area contributed by atoms with Crippen molar-refractivity contribution in [2.75, 3.05) is 0 Å². The normalized spacial score (nSPS) is 13.3. The van der Waals surface area contributed by atoms with Crippen LogP contribution in [0.3, 0.4) is 0 Å². The third-order valence-electron chi connectivity index (χ3n) is 4.18. The molecule has 0 aromatic heterocycles. The first-order valence-electron chi connectivity index (χ1n) is 9.20. The van der Waals surface area contributed by atoms with E-state index in [2.05, 4.69) is 24.4 Å². The molecule has 0 aliphatic carbocycles. The lowest BCUT2D eigenvalue weighted by Gasteiger charge is -2.21. The summed E-state index contributed by atoms with van der Waals surface area (Å²) in [4.78, 5) is 12.8. The van der Waals surface area contributed by atoms with E-state index in [9.17, 15) is 13.2 Å². The summed E-state index contributed by atoms with van der Waals surface area (Å²) in [7, 11) is -5.21. The van der Waals surface area contributed by atoms with Crippen LogP contribution in [-0.4, -0.2) is 28.3 Å². The van der Waals surface area contributed by atoms with Gasteiger partial charge in [0.25, 0.3) is 0 Å². The fourth-order valence-corrected chi connectivity index (χ4v) is 5.56. The fourth-order valence-electron chi connectivity index (χ4n) is 3.00. The molecule has 0 amide bonds. The summed E-state index contributed by atoms with van der Waals surface area (Å²) in [5.74, 6) is 0.127. The number of ketones is 1. The molecule has 4 nitrogen and oxygen atoms in total. The second kappa shape index (κ2) is 8.95. The summed E-state index contributed by atoms with van der Waals surface area (Å²) >= 11 is 0. The molecule has 0 saturated carbocycles. The summed E-state index contributed by atoms with van der Waals surface area (Å²) in [5, 5.41) is 0. The van der Waals surface area contributed by atoms with Gasteiger partial charge < -0.3 is 0 Å². The molecule has 1 atom stereocenters. The number of aryl methyl sites for hydroxylation is 1. The lowest BCUT2D eigenvalue weighted by atomic mass is 10.0. The van der Waals surface area contributed by atoms with Gasteiger partial charge in [0, 0.05) is 18.5 Å². The number of sulfonamides is 1. The molecule has 0 spiro atoms. The zero-order chi connectivity index (χ0) is 20.1. The second-order valence-electron chi connectivity index (χ2n) is 8.30. The molecule has 0 saturated heterocycles. The van der Waals surface area contributed by atoms with Gasteiger partial charge in [-0.2, -0.15) is 0 Å². The SMILES string of the molecule is Cc1ccc(S(=O)(=O)N[C@H](CC(=O)C[Si](C)(C)C)Cc2ccccc2)cc1. The second-order valence-corrected chi connectivity index (χ2v) is 15.5. The van der Waals surface area contributed by atoms with E-state index in [4.69, 9.17) is 0 Å². The van der Waals surface area contributed by atoms with Gasteiger partial charge in [0.15, 0.2) is 0 Å². The van der Waals surface area contributed by atoms with E-state index >= 15 is 0 Å². The highest BCUT2D eigenvalue weighted by atomic mass is 32.2. The number of Topliss-reactive ketones (excluding diaryl/α,β-unsaturated/α-hetero) is 1. The van der Waals surface area contributed by atoms with Crippen molar-refractivity contribution in [1.29, 1.82) is 0 Å². The molecule has 0 fully saturated rings. The smallest absolute Gasteiger partial charge is 0.240 e. The Kier molecular flexibility index (Phi) is 7.14. The molecule has 2 rings (SSSR count). The molecule has 0 unspecified atom stereocenters. The Morgan fingerprint density at radius 3 is 2.15 bits per heavy atom. The topological polar surface area (TPSA) is 63.2 Å². The maximum Gasteiger partial charge on any atom is 0.240 e. The Morgan fingerprint density at radius 1 is 1.00 bits per heavy atom. The highest BCUT2D eigenvalue weighted by Crippen LogP contribution is 2.16. The molecule has 0 aliphatic heterocycles. The van der Waals surface area contributed by atoms with Crippen molar-refractivity contribution in [3.05, 3.63) is 65.7 Å². The Hall–Kier alpha value is -1.76. The predicted molar refractivity (Wildman–Crippen MR) is 113 cm³/mol. The molecule has 1 N–H and O–H groups in total. The van der Waals surface area contributed by atoms with Crippen molar-refractivity contribution in [2.45, 2.75) is 56.4 Å². The number of carbonyl (C=O) groups excluding carboxylic acids is 1. The average molecular weight is 404 g/mol. The Morgan fingerprint density at radius 2 is 1.59 bits per heavy atom. The quantitative estimate of drug-likeness (QED) is 0.639. The van der Waals surface area contributed by atoms with Gasteiger partial charge in [-0.1, -0.05) is 67.7 Å². The van der Waals surface area contributed by atoms with E-state index in [1.54, 1.807) is 24.3 Å². The first-order chi connectivity index (χ1) is 12.5. The minimum absolute atomic E-state index is 0.127. The van der Waals surface area contributed by atoms with Gasteiger partial charge >= 0.3 is 0 Å². The van der Waals surface area contributed by atoms with Crippen LogP contribution in [0.5, 0.6) is 0 Å². The van der Waals surface area contributed by atoms with E-state index in [-0.39, 0.29) is 17.1 Å².